The second-order valence-electron chi connectivity index (χ2n) is 4.82. The van der Waals surface area contributed by atoms with Gasteiger partial charge in [0.15, 0.2) is 0 Å². The van der Waals surface area contributed by atoms with Crippen LogP contribution in [-0.2, 0) is 6.42 Å². The molecule has 0 bridgehead atoms. The predicted octanol–water partition coefficient (Wildman–Crippen LogP) is 1.71. The fraction of sp³-hybridized carbons (Fsp3) is 0.750. The van der Waals surface area contributed by atoms with E-state index in [0.717, 1.165) is 6.42 Å². The molecule has 4 heteroatoms. The number of nitrogens with zero attached hydrogens (tertiary/aromatic N) is 2. The van der Waals surface area contributed by atoms with Crippen molar-refractivity contribution in [3.63, 3.8) is 0 Å². The molecule has 1 fully saturated rings. The van der Waals surface area contributed by atoms with Gasteiger partial charge in [0.05, 0.1) is 10.7 Å². The Kier molecular flexibility index (Phi) is 3.95. The second-order valence-corrected chi connectivity index (χ2v) is 5.71. The highest BCUT2D eigenvalue weighted by molar-refractivity contribution is 7.09. The molecule has 0 aliphatic carbocycles. The number of likely N-dealkylation sites (tertiary alicyclic amines) is 1. The molecule has 2 atom stereocenters. The molecule has 1 aliphatic heterocycles. The highest BCUT2D eigenvalue weighted by Crippen LogP contribution is 2.28. The summed E-state index contributed by atoms with van der Waals surface area (Å²) in [4.78, 5) is 7.16. The number of aromatic nitrogens is 1. The van der Waals surface area contributed by atoms with Gasteiger partial charge < -0.3 is 10.2 Å². The molecule has 1 aromatic heterocycles. The Morgan fingerprint density at radius 3 is 3.12 bits per heavy atom. The Morgan fingerprint density at radius 2 is 2.50 bits per heavy atom. The van der Waals surface area contributed by atoms with E-state index in [4.69, 9.17) is 4.98 Å². The average molecular weight is 239 g/mol. The van der Waals surface area contributed by atoms with Crippen LogP contribution in [0.5, 0.6) is 0 Å². The fourth-order valence-corrected chi connectivity index (χ4v) is 3.12. The van der Waals surface area contributed by atoms with Gasteiger partial charge in [-0.05, 0) is 34.0 Å². The molecule has 0 saturated carbocycles. The van der Waals surface area contributed by atoms with Gasteiger partial charge in [-0.15, -0.1) is 11.3 Å². The Morgan fingerprint density at radius 1 is 1.69 bits per heavy atom. The number of nitrogens with one attached hydrogen (secondary N) is 1. The first-order chi connectivity index (χ1) is 7.69. The van der Waals surface area contributed by atoms with Crippen LogP contribution in [0.2, 0.25) is 0 Å². The maximum Gasteiger partial charge on any atom is 0.0972 e. The minimum atomic E-state index is 0.515. The van der Waals surface area contributed by atoms with Crippen LogP contribution >= 0.6 is 11.3 Å². The van der Waals surface area contributed by atoms with Gasteiger partial charge in [0.2, 0.25) is 0 Å². The molecule has 1 saturated heterocycles. The minimum absolute atomic E-state index is 0.515. The summed E-state index contributed by atoms with van der Waals surface area (Å²) in [5, 5.41) is 6.82. The highest BCUT2D eigenvalue weighted by atomic mass is 32.1. The second kappa shape index (κ2) is 5.25. The van der Waals surface area contributed by atoms with Crippen molar-refractivity contribution in [3.8, 4) is 0 Å². The van der Waals surface area contributed by atoms with E-state index in [9.17, 15) is 0 Å². The number of hydrogen-bond donors (Lipinski definition) is 1. The monoisotopic (exact) mass is 239 g/mol. The maximum absolute atomic E-state index is 4.77. The third-order valence-electron chi connectivity index (χ3n) is 3.32. The average Bonchev–Trinajstić information content (AvgIpc) is 2.87. The molecule has 3 nitrogen and oxygen atoms in total. The highest BCUT2D eigenvalue weighted by Gasteiger charge is 2.23. The van der Waals surface area contributed by atoms with E-state index in [0.29, 0.717) is 12.0 Å². The molecule has 2 rings (SSSR count). The van der Waals surface area contributed by atoms with E-state index in [-0.39, 0.29) is 0 Å². The van der Waals surface area contributed by atoms with Crippen LogP contribution in [0.4, 0.5) is 0 Å². The van der Waals surface area contributed by atoms with Crippen LogP contribution in [0.3, 0.4) is 0 Å². The number of rotatable bonds is 4. The molecule has 2 heterocycles. The first-order valence-electron chi connectivity index (χ1n) is 5.99. The standard InChI is InChI=1S/C12H21N3S/c1-9(13-2)6-11-8-16-12(14-11)10-4-5-15(3)7-10/h8-10,13H,4-7H2,1-3H3. The third-order valence-corrected chi connectivity index (χ3v) is 4.37. The molecule has 90 valence electrons. The molecule has 1 aromatic rings. The Balaban J connectivity index is 1.97. The zero-order valence-corrected chi connectivity index (χ0v) is 11.2. The zero-order chi connectivity index (χ0) is 11.5. The zero-order valence-electron chi connectivity index (χ0n) is 10.4. The number of hydrogen-bond acceptors (Lipinski definition) is 4. The molecule has 0 aromatic carbocycles. The van der Waals surface area contributed by atoms with Crippen molar-refractivity contribution in [2.75, 3.05) is 27.2 Å². The molecule has 2 unspecified atom stereocenters. The summed E-state index contributed by atoms with van der Waals surface area (Å²) in [6.07, 6.45) is 2.31. The predicted molar refractivity (Wildman–Crippen MR) is 69.2 cm³/mol. The molecule has 0 spiro atoms. The van der Waals surface area contributed by atoms with Crippen molar-refractivity contribution in [2.45, 2.75) is 31.7 Å². The van der Waals surface area contributed by atoms with Crippen molar-refractivity contribution >= 4 is 11.3 Å². The first-order valence-corrected chi connectivity index (χ1v) is 6.87. The molecule has 0 amide bonds. The van der Waals surface area contributed by atoms with Crippen LogP contribution in [0.25, 0.3) is 0 Å². The van der Waals surface area contributed by atoms with E-state index in [1.165, 1.54) is 30.2 Å². The SMILES string of the molecule is CNC(C)Cc1csc(C2CCN(C)C2)n1. The first kappa shape index (κ1) is 12.0. The molecule has 1 aliphatic rings. The van der Waals surface area contributed by atoms with Crippen molar-refractivity contribution < 1.29 is 0 Å². The molecule has 16 heavy (non-hydrogen) atoms. The maximum atomic E-state index is 4.77. The largest absolute Gasteiger partial charge is 0.317 e. The van der Waals surface area contributed by atoms with Crippen molar-refractivity contribution in [1.82, 2.24) is 15.2 Å². The lowest BCUT2D eigenvalue weighted by atomic mass is 10.1. The lowest BCUT2D eigenvalue weighted by Gasteiger charge is -2.08. The van der Waals surface area contributed by atoms with Crippen molar-refractivity contribution in [1.29, 1.82) is 0 Å². The minimum Gasteiger partial charge on any atom is -0.317 e. The molecular formula is C12H21N3S. The summed E-state index contributed by atoms with van der Waals surface area (Å²) in [5.74, 6) is 0.675. The number of thiazole rings is 1. The van der Waals surface area contributed by atoms with Gasteiger partial charge in [-0.25, -0.2) is 4.98 Å². The fourth-order valence-electron chi connectivity index (χ4n) is 2.16. The van der Waals surface area contributed by atoms with Crippen LogP contribution in [0.15, 0.2) is 5.38 Å². The summed E-state index contributed by atoms with van der Waals surface area (Å²) >= 11 is 1.84. The molecule has 1 N–H and O–H groups in total. The van der Waals surface area contributed by atoms with Gasteiger partial charge in [0.25, 0.3) is 0 Å². The lowest BCUT2D eigenvalue weighted by Crippen LogP contribution is -2.23. The Labute approximate surface area is 102 Å². The number of likely N-dealkylation sites (N-methyl/N-ethyl adjacent to an activating group) is 2. The van der Waals surface area contributed by atoms with Crippen LogP contribution in [0, 0.1) is 0 Å². The summed E-state index contributed by atoms with van der Waals surface area (Å²) in [6, 6.07) is 0.515. The van der Waals surface area contributed by atoms with E-state index in [1.54, 1.807) is 0 Å². The Bertz CT molecular complexity index is 337. The van der Waals surface area contributed by atoms with Gasteiger partial charge >= 0.3 is 0 Å². The van der Waals surface area contributed by atoms with Crippen molar-refractivity contribution in [3.05, 3.63) is 16.1 Å². The smallest absolute Gasteiger partial charge is 0.0972 e. The normalized spacial score (nSPS) is 23.8. The summed E-state index contributed by atoms with van der Waals surface area (Å²) in [6.45, 7) is 4.59. The molecular weight excluding hydrogens is 218 g/mol. The van der Waals surface area contributed by atoms with Crippen LogP contribution < -0.4 is 5.32 Å². The van der Waals surface area contributed by atoms with E-state index in [2.05, 4.69) is 29.6 Å². The quantitative estimate of drug-likeness (QED) is 0.867. The third kappa shape index (κ3) is 2.81. The summed E-state index contributed by atoms with van der Waals surface area (Å²) in [7, 11) is 4.20. The summed E-state index contributed by atoms with van der Waals surface area (Å²) in [5.41, 5.74) is 1.25. The van der Waals surface area contributed by atoms with Gasteiger partial charge in [-0.2, -0.15) is 0 Å². The van der Waals surface area contributed by atoms with Crippen LogP contribution in [0.1, 0.15) is 30.0 Å². The van der Waals surface area contributed by atoms with Gasteiger partial charge in [-0.3, -0.25) is 0 Å². The van der Waals surface area contributed by atoms with Crippen LogP contribution in [-0.4, -0.2) is 43.1 Å². The van der Waals surface area contributed by atoms with Gasteiger partial charge in [-0.1, -0.05) is 0 Å². The topological polar surface area (TPSA) is 28.2 Å². The van der Waals surface area contributed by atoms with Gasteiger partial charge in [0, 0.05) is 30.3 Å². The van der Waals surface area contributed by atoms with E-state index in [1.807, 2.05) is 18.4 Å². The van der Waals surface area contributed by atoms with Crippen molar-refractivity contribution in [2.24, 2.45) is 0 Å². The van der Waals surface area contributed by atoms with Gasteiger partial charge in [0.1, 0.15) is 0 Å². The van der Waals surface area contributed by atoms with E-state index >= 15 is 0 Å². The summed E-state index contributed by atoms with van der Waals surface area (Å²) < 4.78 is 0. The lowest BCUT2D eigenvalue weighted by molar-refractivity contribution is 0.411. The molecule has 0 radical (unpaired) electrons. The van der Waals surface area contributed by atoms with E-state index < -0.39 is 0 Å². The Hall–Kier alpha value is -0.450.